The van der Waals surface area contributed by atoms with E-state index >= 15 is 0 Å². The molecule has 1 aromatic carbocycles. The molecule has 4 N–H and O–H groups in total. The fourth-order valence-electron chi connectivity index (χ4n) is 2.77. The zero-order chi connectivity index (χ0) is 28.5. The molecule has 0 aliphatic heterocycles. The van der Waals surface area contributed by atoms with Gasteiger partial charge in [0.15, 0.2) is 0 Å². The van der Waals surface area contributed by atoms with Crippen LogP contribution >= 0.6 is 0 Å². The quantitative estimate of drug-likeness (QED) is 0.371. The Morgan fingerprint density at radius 3 is 2.03 bits per heavy atom. The third kappa shape index (κ3) is 14.3. The van der Waals surface area contributed by atoms with Gasteiger partial charge in [0.05, 0.1) is 6.54 Å². The maximum Gasteiger partial charge on any atom is 0.331 e. The molecule has 0 fully saturated rings. The number of likely N-dealkylation sites (N-methyl/N-ethyl adjacent to an activating group) is 2. The fourth-order valence-corrected chi connectivity index (χ4v) is 2.77. The van der Waals surface area contributed by atoms with E-state index in [1.807, 2.05) is 52.9 Å². The van der Waals surface area contributed by atoms with Crippen molar-refractivity contribution in [2.24, 2.45) is 5.41 Å². The zero-order valence-electron chi connectivity index (χ0n) is 23.9. The first kappa shape index (κ1) is 35.0. The number of hydrogen-bond donors (Lipinski definition) is 4. The maximum absolute atomic E-state index is 12.5. The molecule has 0 saturated carbocycles. The van der Waals surface area contributed by atoms with E-state index in [4.69, 9.17) is 5.11 Å². The smallest absolute Gasteiger partial charge is 0.331 e. The van der Waals surface area contributed by atoms with E-state index in [0.717, 1.165) is 11.3 Å². The summed E-state index contributed by atoms with van der Waals surface area (Å²) in [4.78, 5) is 36.4. The highest BCUT2D eigenvalue weighted by Crippen LogP contribution is 2.21. The minimum atomic E-state index is -1.02. The lowest BCUT2D eigenvalue weighted by molar-refractivity contribution is -0.137. The first-order valence-electron chi connectivity index (χ1n) is 12.2. The first-order valence-corrected chi connectivity index (χ1v) is 12.2. The second kappa shape index (κ2) is 18.2. The molecule has 0 aliphatic rings. The molecule has 1 rings (SSSR count). The summed E-state index contributed by atoms with van der Waals surface area (Å²) >= 11 is 0. The third-order valence-corrected chi connectivity index (χ3v) is 4.80. The van der Waals surface area contributed by atoms with E-state index in [1.54, 1.807) is 14.1 Å². The molecule has 0 radical (unpaired) electrons. The van der Waals surface area contributed by atoms with Crippen LogP contribution in [-0.4, -0.2) is 68.1 Å². The average Bonchev–Trinajstić information content (AvgIpc) is 2.80. The number of amides is 2. The van der Waals surface area contributed by atoms with Gasteiger partial charge >= 0.3 is 5.97 Å². The van der Waals surface area contributed by atoms with Gasteiger partial charge in [0.2, 0.25) is 11.8 Å². The lowest BCUT2D eigenvalue weighted by atomic mass is 9.85. The van der Waals surface area contributed by atoms with Crippen LogP contribution in [0.25, 0.3) is 5.57 Å². The number of carboxylic acid groups (broad SMARTS) is 1. The topological polar surface area (TPSA) is 111 Å². The Kier molecular flexibility index (Phi) is 17.7. The predicted octanol–water partition coefficient (Wildman–Crippen LogP) is 4.40. The molecular weight excluding hydrogens is 456 g/mol. The number of nitrogens with one attached hydrogen (secondary N) is 3. The van der Waals surface area contributed by atoms with E-state index in [0.29, 0.717) is 0 Å². The van der Waals surface area contributed by atoms with Crippen LogP contribution in [0.15, 0.2) is 42.5 Å². The SMILES string of the molecule is C=C(C)c1ccccc1NC.CCC.CNCC(=O)NC(C(=O)N(C)C/C=C(\C)C(=O)O)C(C)(C)C. The summed E-state index contributed by atoms with van der Waals surface area (Å²) in [5, 5.41) is 17.4. The molecule has 1 unspecified atom stereocenters. The van der Waals surface area contributed by atoms with Crippen molar-refractivity contribution < 1.29 is 19.5 Å². The Bertz CT molecular complexity index is 873. The Labute approximate surface area is 218 Å². The van der Waals surface area contributed by atoms with Crippen molar-refractivity contribution in [3.05, 3.63) is 48.1 Å². The Hall–Kier alpha value is -3.13. The number of benzene rings is 1. The largest absolute Gasteiger partial charge is 0.478 e. The van der Waals surface area contributed by atoms with E-state index in [1.165, 1.54) is 29.9 Å². The second-order valence-corrected chi connectivity index (χ2v) is 9.59. The average molecular weight is 505 g/mol. The lowest BCUT2D eigenvalue weighted by Crippen LogP contribution is -2.55. The van der Waals surface area contributed by atoms with Gasteiger partial charge in [-0.25, -0.2) is 4.79 Å². The van der Waals surface area contributed by atoms with Gasteiger partial charge in [0.25, 0.3) is 0 Å². The van der Waals surface area contributed by atoms with Crippen LogP contribution in [0.3, 0.4) is 0 Å². The number of allylic oxidation sites excluding steroid dienone is 1. The van der Waals surface area contributed by atoms with Crippen LogP contribution in [0.4, 0.5) is 5.69 Å². The fraction of sp³-hybridized carbons (Fsp3) is 0.536. The van der Waals surface area contributed by atoms with E-state index in [-0.39, 0.29) is 30.5 Å². The van der Waals surface area contributed by atoms with Crippen molar-refractivity contribution in [2.45, 2.75) is 60.9 Å². The molecule has 2 amide bonds. The number of para-hydroxylation sites is 1. The van der Waals surface area contributed by atoms with Crippen LogP contribution in [0.2, 0.25) is 0 Å². The van der Waals surface area contributed by atoms with E-state index < -0.39 is 17.4 Å². The van der Waals surface area contributed by atoms with Gasteiger partial charge in [0.1, 0.15) is 6.04 Å². The molecular formula is C28H48N4O4. The summed E-state index contributed by atoms with van der Waals surface area (Å²) in [6, 6.07) is 7.46. The number of anilines is 1. The van der Waals surface area contributed by atoms with Gasteiger partial charge < -0.3 is 26.0 Å². The molecule has 8 heteroatoms. The third-order valence-electron chi connectivity index (χ3n) is 4.80. The summed E-state index contributed by atoms with van der Waals surface area (Å²) in [6.45, 7) is 17.5. The van der Waals surface area contributed by atoms with Crippen LogP contribution in [0.5, 0.6) is 0 Å². The van der Waals surface area contributed by atoms with Crippen LogP contribution in [0.1, 0.15) is 60.5 Å². The van der Waals surface area contributed by atoms with Crippen LogP contribution < -0.4 is 16.0 Å². The number of hydrogen-bond acceptors (Lipinski definition) is 5. The summed E-state index contributed by atoms with van der Waals surface area (Å²) in [7, 11) is 5.15. The predicted molar refractivity (Wildman–Crippen MR) is 151 cm³/mol. The molecule has 1 atom stereocenters. The number of nitrogens with zero attached hydrogens (tertiary/aromatic N) is 1. The maximum atomic E-state index is 12.5. The minimum absolute atomic E-state index is 0.127. The van der Waals surface area contributed by atoms with Crippen molar-refractivity contribution >= 4 is 29.0 Å². The molecule has 0 saturated heterocycles. The lowest BCUT2D eigenvalue weighted by Gasteiger charge is -2.33. The van der Waals surface area contributed by atoms with Gasteiger partial charge in [-0.1, -0.05) is 71.9 Å². The number of carbonyl (C=O) groups excluding carboxylic acids is 2. The van der Waals surface area contributed by atoms with Crippen LogP contribution in [-0.2, 0) is 14.4 Å². The van der Waals surface area contributed by atoms with Crippen molar-refractivity contribution in [3.63, 3.8) is 0 Å². The van der Waals surface area contributed by atoms with Gasteiger partial charge in [0, 0.05) is 31.9 Å². The number of aliphatic carboxylic acids is 1. The second-order valence-electron chi connectivity index (χ2n) is 9.59. The summed E-state index contributed by atoms with van der Waals surface area (Å²) < 4.78 is 0. The summed E-state index contributed by atoms with van der Waals surface area (Å²) in [6.07, 6.45) is 2.72. The van der Waals surface area contributed by atoms with Gasteiger partial charge in [-0.3, -0.25) is 9.59 Å². The molecule has 0 bridgehead atoms. The van der Waals surface area contributed by atoms with Crippen LogP contribution in [0, 0.1) is 5.41 Å². The molecule has 0 aliphatic carbocycles. The molecule has 1 aromatic rings. The highest BCUT2D eigenvalue weighted by Gasteiger charge is 2.34. The zero-order valence-corrected chi connectivity index (χ0v) is 23.9. The minimum Gasteiger partial charge on any atom is -0.478 e. The number of carbonyl (C=O) groups is 3. The normalized spacial score (nSPS) is 11.6. The molecule has 8 nitrogen and oxygen atoms in total. The molecule has 0 heterocycles. The van der Waals surface area contributed by atoms with Crippen molar-refractivity contribution in [2.75, 3.05) is 39.5 Å². The Balaban J connectivity index is 0. The monoisotopic (exact) mass is 504 g/mol. The molecule has 0 spiro atoms. The van der Waals surface area contributed by atoms with Crippen molar-refractivity contribution in [1.82, 2.24) is 15.5 Å². The standard InChI is InChI=1S/C15H27N3O4.C10H13N.C3H8/c1-10(14(21)22)7-8-18(6)13(20)12(15(2,3)4)17-11(19)9-16-5;1-8(2)9-6-4-5-7-10(9)11-3;1-3-2/h7,12,16H,8-9H2,1-6H3,(H,17,19)(H,21,22);4-7,11H,1H2,2-3H3;3H2,1-2H3/b10-7+;;. The Morgan fingerprint density at radius 2 is 1.64 bits per heavy atom. The van der Waals surface area contributed by atoms with Gasteiger partial charge in [-0.15, -0.1) is 0 Å². The Morgan fingerprint density at radius 1 is 1.11 bits per heavy atom. The number of rotatable bonds is 9. The number of carboxylic acids is 1. The summed E-state index contributed by atoms with van der Waals surface area (Å²) in [5.74, 6) is -1.54. The highest BCUT2D eigenvalue weighted by molar-refractivity contribution is 5.89. The highest BCUT2D eigenvalue weighted by atomic mass is 16.4. The van der Waals surface area contributed by atoms with E-state index in [2.05, 4.69) is 42.4 Å². The first-order chi connectivity index (χ1) is 16.7. The van der Waals surface area contributed by atoms with Crippen molar-refractivity contribution in [3.8, 4) is 0 Å². The van der Waals surface area contributed by atoms with Gasteiger partial charge in [-0.2, -0.15) is 0 Å². The summed E-state index contributed by atoms with van der Waals surface area (Å²) in [5.41, 5.74) is 3.14. The molecule has 0 aromatic heterocycles. The molecule has 36 heavy (non-hydrogen) atoms. The van der Waals surface area contributed by atoms with Gasteiger partial charge in [-0.05, 0) is 43.5 Å². The molecule has 204 valence electrons. The van der Waals surface area contributed by atoms with E-state index in [9.17, 15) is 14.4 Å². The van der Waals surface area contributed by atoms with Crippen molar-refractivity contribution in [1.29, 1.82) is 0 Å².